The average molecular weight is 223 g/mol. The van der Waals surface area contributed by atoms with E-state index in [4.69, 9.17) is 4.74 Å². The topological polar surface area (TPSA) is 41.5 Å². The van der Waals surface area contributed by atoms with Crippen molar-refractivity contribution < 1.29 is 9.84 Å². The third-order valence-electron chi connectivity index (χ3n) is 2.22. The summed E-state index contributed by atoms with van der Waals surface area (Å²) in [5.41, 5.74) is 0.914. The Balaban J connectivity index is 2.56. The molecule has 0 saturated carbocycles. The van der Waals surface area contributed by atoms with Crippen molar-refractivity contribution in [1.29, 1.82) is 0 Å². The summed E-state index contributed by atoms with van der Waals surface area (Å²) in [5.74, 6) is 0.842. The Hall–Kier alpha value is -1.06. The zero-order valence-electron chi connectivity index (χ0n) is 10.2. The number of aliphatic hydroxyl groups is 1. The molecule has 1 rings (SSSR count). The van der Waals surface area contributed by atoms with Crippen LogP contribution in [0.25, 0.3) is 0 Å². The molecule has 0 radical (unpaired) electrons. The maximum atomic E-state index is 9.82. The van der Waals surface area contributed by atoms with Gasteiger partial charge in [-0.15, -0.1) is 0 Å². The summed E-state index contributed by atoms with van der Waals surface area (Å²) in [5, 5.41) is 12.9. The largest absolute Gasteiger partial charge is 0.491 e. The minimum Gasteiger partial charge on any atom is -0.491 e. The average Bonchev–Trinajstić information content (AvgIpc) is 2.26. The van der Waals surface area contributed by atoms with Gasteiger partial charge < -0.3 is 15.2 Å². The fraction of sp³-hybridized carbons (Fsp3) is 0.538. The molecule has 0 aromatic heterocycles. The molecule has 3 nitrogen and oxygen atoms in total. The van der Waals surface area contributed by atoms with Crippen molar-refractivity contribution in [1.82, 2.24) is 5.32 Å². The van der Waals surface area contributed by atoms with Crippen LogP contribution in [0.1, 0.15) is 32.4 Å². The predicted molar refractivity (Wildman–Crippen MR) is 65.7 cm³/mol. The smallest absolute Gasteiger partial charge is 0.119 e. The number of nitrogens with one attached hydrogen (secondary N) is 1. The van der Waals surface area contributed by atoms with E-state index in [2.05, 4.69) is 5.32 Å². The number of aliphatic hydroxyl groups excluding tert-OH is 1. The van der Waals surface area contributed by atoms with E-state index >= 15 is 0 Å². The molecule has 16 heavy (non-hydrogen) atoms. The van der Waals surface area contributed by atoms with E-state index in [9.17, 15) is 5.11 Å². The van der Waals surface area contributed by atoms with Gasteiger partial charge in [0.2, 0.25) is 0 Å². The lowest BCUT2D eigenvalue weighted by atomic mass is 10.1. The molecular formula is C13H21NO2. The zero-order valence-corrected chi connectivity index (χ0v) is 10.2. The molecule has 0 spiro atoms. The molecule has 90 valence electrons. The van der Waals surface area contributed by atoms with E-state index in [1.54, 1.807) is 0 Å². The molecule has 0 bridgehead atoms. The Bertz CT molecular complexity index is 295. The number of ether oxygens (including phenoxy) is 1. The Morgan fingerprint density at radius 2 is 1.88 bits per heavy atom. The van der Waals surface area contributed by atoms with Crippen LogP contribution in [0.5, 0.6) is 5.75 Å². The van der Waals surface area contributed by atoms with Crippen LogP contribution in [0, 0.1) is 0 Å². The number of benzene rings is 1. The highest BCUT2D eigenvalue weighted by molar-refractivity contribution is 5.28. The van der Waals surface area contributed by atoms with E-state index < -0.39 is 6.10 Å². The standard InChI is InChI=1S/C13H21NO2/c1-4-14-9-13(15)11-5-7-12(8-6-11)16-10(2)3/h5-8,10,13-15H,4,9H2,1-3H3. The molecule has 3 heteroatoms. The molecule has 2 N–H and O–H groups in total. The maximum absolute atomic E-state index is 9.82. The number of hydrogen-bond acceptors (Lipinski definition) is 3. The third-order valence-corrected chi connectivity index (χ3v) is 2.22. The fourth-order valence-corrected chi connectivity index (χ4v) is 1.44. The Morgan fingerprint density at radius 3 is 2.38 bits per heavy atom. The van der Waals surface area contributed by atoms with E-state index in [0.717, 1.165) is 17.9 Å². The lowest BCUT2D eigenvalue weighted by Crippen LogP contribution is -2.20. The number of likely N-dealkylation sites (N-methyl/N-ethyl adjacent to an activating group) is 1. The second-order valence-corrected chi connectivity index (χ2v) is 4.06. The second kappa shape index (κ2) is 6.51. The van der Waals surface area contributed by atoms with Gasteiger partial charge in [0.05, 0.1) is 12.2 Å². The van der Waals surface area contributed by atoms with Crippen molar-refractivity contribution in [2.75, 3.05) is 13.1 Å². The van der Waals surface area contributed by atoms with Crippen LogP contribution in [-0.4, -0.2) is 24.3 Å². The van der Waals surface area contributed by atoms with E-state index in [1.807, 2.05) is 45.0 Å². The monoisotopic (exact) mass is 223 g/mol. The van der Waals surface area contributed by atoms with Crippen molar-refractivity contribution in [3.63, 3.8) is 0 Å². The fourth-order valence-electron chi connectivity index (χ4n) is 1.44. The Labute approximate surface area is 97.4 Å². The van der Waals surface area contributed by atoms with Gasteiger partial charge in [0.25, 0.3) is 0 Å². The Morgan fingerprint density at radius 1 is 1.25 bits per heavy atom. The lowest BCUT2D eigenvalue weighted by molar-refractivity contribution is 0.175. The van der Waals surface area contributed by atoms with Gasteiger partial charge in [-0.25, -0.2) is 0 Å². The summed E-state index contributed by atoms with van der Waals surface area (Å²) in [6.07, 6.45) is -0.273. The minimum atomic E-state index is -0.451. The second-order valence-electron chi connectivity index (χ2n) is 4.06. The van der Waals surface area contributed by atoms with Gasteiger partial charge in [-0.1, -0.05) is 19.1 Å². The summed E-state index contributed by atoms with van der Waals surface area (Å²) < 4.78 is 5.53. The highest BCUT2D eigenvalue weighted by Gasteiger charge is 2.06. The molecule has 1 aromatic rings. The molecule has 1 atom stereocenters. The normalized spacial score (nSPS) is 12.8. The van der Waals surface area contributed by atoms with E-state index in [1.165, 1.54) is 0 Å². The summed E-state index contributed by atoms with van der Waals surface area (Å²) in [6, 6.07) is 7.59. The molecule has 0 amide bonds. The molecule has 1 unspecified atom stereocenters. The Kier molecular flexibility index (Phi) is 5.29. The lowest BCUT2D eigenvalue weighted by Gasteiger charge is -2.13. The van der Waals surface area contributed by atoms with Gasteiger partial charge in [0, 0.05) is 6.54 Å². The van der Waals surface area contributed by atoms with Crippen LogP contribution in [-0.2, 0) is 0 Å². The maximum Gasteiger partial charge on any atom is 0.119 e. The van der Waals surface area contributed by atoms with Crippen LogP contribution in [0.3, 0.4) is 0 Å². The SMILES string of the molecule is CCNCC(O)c1ccc(OC(C)C)cc1. The van der Waals surface area contributed by atoms with E-state index in [-0.39, 0.29) is 6.10 Å². The summed E-state index contributed by atoms with van der Waals surface area (Å²) in [6.45, 7) is 7.46. The molecule has 0 aliphatic heterocycles. The minimum absolute atomic E-state index is 0.178. The zero-order chi connectivity index (χ0) is 12.0. The van der Waals surface area contributed by atoms with E-state index in [0.29, 0.717) is 6.54 Å². The molecule has 0 saturated heterocycles. The number of hydrogen-bond donors (Lipinski definition) is 2. The highest BCUT2D eigenvalue weighted by Crippen LogP contribution is 2.18. The van der Waals surface area contributed by atoms with Crippen LogP contribution >= 0.6 is 0 Å². The van der Waals surface area contributed by atoms with Gasteiger partial charge in [-0.2, -0.15) is 0 Å². The quantitative estimate of drug-likeness (QED) is 0.776. The van der Waals surface area contributed by atoms with Crippen LogP contribution in [0.2, 0.25) is 0 Å². The predicted octanol–water partition coefficient (Wildman–Crippen LogP) is 2.12. The molecule has 0 aliphatic carbocycles. The van der Waals surface area contributed by atoms with Crippen molar-refractivity contribution in [2.45, 2.75) is 33.0 Å². The van der Waals surface area contributed by atoms with Gasteiger partial charge in [0.15, 0.2) is 0 Å². The number of rotatable bonds is 6. The first-order chi connectivity index (χ1) is 7.63. The molecule has 1 aromatic carbocycles. The van der Waals surface area contributed by atoms with Gasteiger partial charge in [-0.05, 0) is 38.1 Å². The summed E-state index contributed by atoms with van der Waals surface area (Å²) in [4.78, 5) is 0. The molecular weight excluding hydrogens is 202 g/mol. The first-order valence-corrected chi connectivity index (χ1v) is 5.79. The molecule has 0 heterocycles. The van der Waals surface area contributed by atoms with Crippen molar-refractivity contribution in [2.24, 2.45) is 0 Å². The van der Waals surface area contributed by atoms with Gasteiger partial charge in [-0.3, -0.25) is 0 Å². The summed E-state index contributed by atoms with van der Waals surface area (Å²) >= 11 is 0. The third kappa shape index (κ3) is 4.21. The van der Waals surface area contributed by atoms with Gasteiger partial charge in [0.1, 0.15) is 5.75 Å². The molecule has 0 fully saturated rings. The highest BCUT2D eigenvalue weighted by atomic mass is 16.5. The summed E-state index contributed by atoms with van der Waals surface area (Å²) in [7, 11) is 0. The van der Waals surface area contributed by atoms with Crippen LogP contribution in [0.4, 0.5) is 0 Å². The van der Waals surface area contributed by atoms with Crippen molar-refractivity contribution in [3.05, 3.63) is 29.8 Å². The van der Waals surface area contributed by atoms with Crippen LogP contribution < -0.4 is 10.1 Å². The van der Waals surface area contributed by atoms with Gasteiger partial charge >= 0.3 is 0 Å². The van der Waals surface area contributed by atoms with Crippen molar-refractivity contribution >= 4 is 0 Å². The van der Waals surface area contributed by atoms with Crippen molar-refractivity contribution in [3.8, 4) is 5.75 Å². The first-order valence-electron chi connectivity index (χ1n) is 5.79. The first kappa shape index (κ1) is 13.0. The molecule has 0 aliphatic rings. The van der Waals surface area contributed by atoms with Crippen LogP contribution in [0.15, 0.2) is 24.3 Å².